The van der Waals surface area contributed by atoms with Crippen molar-refractivity contribution in [2.24, 2.45) is 5.92 Å². The van der Waals surface area contributed by atoms with Gasteiger partial charge in [-0.25, -0.2) is 4.68 Å². The van der Waals surface area contributed by atoms with Gasteiger partial charge in [-0.15, -0.1) is 0 Å². The lowest BCUT2D eigenvalue weighted by Crippen LogP contribution is -2.50. The maximum atomic E-state index is 12.6. The predicted molar refractivity (Wildman–Crippen MR) is 121 cm³/mol. The molecule has 1 saturated heterocycles. The first-order chi connectivity index (χ1) is 15.2. The Morgan fingerprint density at radius 1 is 0.968 bits per heavy atom. The molecule has 0 radical (unpaired) electrons. The second kappa shape index (κ2) is 10.6. The van der Waals surface area contributed by atoms with E-state index in [1.54, 1.807) is 10.9 Å². The summed E-state index contributed by atoms with van der Waals surface area (Å²) in [4.78, 5) is 29.3. The van der Waals surface area contributed by atoms with Crippen molar-refractivity contribution in [1.29, 1.82) is 0 Å². The van der Waals surface area contributed by atoms with Gasteiger partial charge in [0.2, 0.25) is 11.8 Å². The lowest BCUT2D eigenvalue weighted by Gasteiger charge is -2.35. The Morgan fingerprint density at radius 2 is 1.71 bits per heavy atom. The molecule has 31 heavy (non-hydrogen) atoms. The van der Waals surface area contributed by atoms with E-state index in [0.29, 0.717) is 50.2 Å². The van der Waals surface area contributed by atoms with Crippen LogP contribution in [0.25, 0.3) is 0 Å². The molecular weight excluding hydrogens is 390 g/mol. The van der Waals surface area contributed by atoms with Crippen molar-refractivity contribution in [2.75, 3.05) is 38.0 Å². The number of aromatic nitrogens is 2. The molecule has 7 nitrogen and oxygen atoms in total. The van der Waals surface area contributed by atoms with Gasteiger partial charge in [-0.1, -0.05) is 49.6 Å². The molecule has 1 aromatic carbocycles. The molecule has 1 N–H and O–H groups in total. The Kier molecular flexibility index (Phi) is 7.35. The molecule has 2 aliphatic rings. The van der Waals surface area contributed by atoms with Crippen molar-refractivity contribution in [1.82, 2.24) is 19.6 Å². The van der Waals surface area contributed by atoms with Crippen molar-refractivity contribution in [2.45, 2.75) is 45.1 Å². The number of rotatable bonds is 7. The third kappa shape index (κ3) is 6.17. The third-order valence-corrected chi connectivity index (χ3v) is 6.44. The summed E-state index contributed by atoms with van der Waals surface area (Å²) >= 11 is 0. The summed E-state index contributed by atoms with van der Waals surface area (Å²) in [6.45, 7) is 3.86. The van der Waals surface area contributed by atoms with E-state index in [0.717, 1.165) is 18.7 Å². The molecule has 2 aromatic rings. The van der Waals surface area contributed by atoms with Gasteiger partial charge < -0.3 is 10.2 Å². The molecule has 2 heterocycles. The molecule has 166 valence electrons. The molecule has 2 amide bonds. The lowest BCUT2D eigenvalue weighted by molar-refractivity contribution is -0.134. The summed E-state index contributed by atoms with van der Waals surface area (Å²) in [5.74, 6) is 1.53. The molecule has 7 heteroatoms. The van der Waals surface area contributed by atoms with Crippen LogP contribution in [-0.4, -0.2) is 64.1 Å². The van der Waals surface area contributed by atoms with Crippen molar-refractivity contribution in [3.05, 3.63) is 48.2 Å². The van der Waals surface area contributed by atoms with E-state index >= 15 is 0 Å². The monoisotopic (exact) mass is 423 g/mol. The van der Waals surface area contributed by atoms with Crippen LogP contribution in [0.2, 0.25) is 0 Å². The van der Waals surface area contributed by atoms with Crippen LogP contribution in [0, 0.1) is 5.92 Å². The minimum Gasteiger partial charge on any atom is -0.340 e. The van der Waals surface area contributed by atoms with Crippen LogP contribution < -0.4 is 5.32 Å². The van der Waals surface area contributed by atoms with Crippen LogP contribution in [0.1, 0.15) is 44.1 Å². The van der Waals surface area contributed by atoms with Crippen LogP contribution in [0.5, 0.6) is 0 Å². The molecule has 1 aromatic heterocycles. The molecule has 1 aliphatic carbocycles. The summed E-state index contributed by atoms with van der Waals surface area (Å²) < 4.78 is 1.80. The maximum absolute atomic E-state index is 12.6. The number of hydrogen-bond donors (Lipinski definition) is 1. The van der Waals surface area contributed by atoms with E-state index < -0.39 is 0 Å². The van der Waals surface area contributed by atoms with Crippen molar-refractivity contribution < 1.29 is 9.59 Å². The highest BCUT2D eigenvalue weighted by Crippen LogP contribution is 2.27. The fourth-order valence-corrected chi connectivity index (χ4v) is 4.63. The fraction of sp³-hybridized carbons (Fsp3) is 0.542. The van der Waals surface area contributed by atoms with Gasteiger partial charge in [-0.05, 0) is 24.3 Å². The van der Waals surface area contributed by atoms with Crippen LogP contribution in [0.3, 0.4) is 0 Å². The number of amides is 2. The first kappa shape index (κ1) is 21.6. The van der Waals surface area contributed by atoms with E-state index in [9.17, 15) is 9.59 Å². The summed E-state index contributed by atoms with van der Waals surface area (Å²) in [6.07, 6.45) is 8.66. The Labute approximate surface area is 184 Å². The topological polar surface area (TPSA) is 70.5 Å². The molecule has 0 atom stereocenters. The smallest absolute Gasteiger partial charge is 0.239 e. The standard InChI is InChI=1S/C24H33N5O2/c30-23(26-22-11-12-25-29(22)18-21-9-5-2-6-10-21)19-27-13-15-28(16-14-27)24(31)17-20-7-3-1-4-8-20/h2,5-6,9-12,20H,1,3-4,7-8,13-19H2,(H,26,30). The molecule has 0 unspecified atom stereocenters. The van der Waals surface area contributed by atoms with Gasteiger partial charge in [-0.2, -0.15) is 5.10 Å². The van der Waals surface area contributed by atoms with Gasteiger partial charge in [0.15, 0.2) is 0 Å². The fourth-order valence-electron chi connectivity index (χ4n) is 4.63. The number of piperazine rings is 1. The van der Waals surface area contributed by atoms with Crippen molar-refractivity contribution >= 4 is 17.6 Å². The zero-order valence-electron chi connectivity index (χ0n) is 18.2. The molecule has 0 bridgehead atoms. The Balaban J connectivity index is 1.21. The second-order valence-corrected chi connectivity index (χ2v) is 8.77. The summed E-state index contributed by atoms with van der Waals surface area (Å²) in [7, 11) is 0. The van der Waals surface area contributed by atoms with Gasteiger partial charge in [0.1, 0.15) is 5.82 Å². The average Bonchev–Trinajstić information content (AvgIpc) is 3.22. The largest absolute Gasteiger partial charge is 0.340 e. The normalized spacial score (nSPS) is 18.1. The average molecular weight is 424 g/mol. The lowest BCUT2D eigenvalue weighted by atomic mass is 9.86. The SMILES string of the molecule is O=C(CN1CCN(C(=O)CC2CCCCC2)CC1)Nc1ccnn1Cc1ccccc1. The van der Waals surface area contributed by atoms with Crippen LogP contribution in [0.15, 0.2) is 42.6 Å². The number of nitrogens with zero attached hydrogens (tertiary/aromatic N) is 4. The molecule has 1 saturated carbocycles. The number of benzene rings is 1. The number of anilines is 1. The zero-order valence-corrected chi connectivity index (χ0v) is 18.2. The highest BCUT2D eigenvalue weighted by Gasteiger charge is 2.25. The summed E-state index contributed by atoms with van der Waals surface area (Å²) in [5, 5.41) is 7.32. The van der Waals surface area contributed by atoms with E-state index in [-0.39, 0.29) is 5.91 Å². The first-order valence-corrected chi connectivity index (χ1v) is 11.5. The van der Waals surface area contributed by atoms with E-state index in [2.05, 4.69) is 15.3 Å². The van der Waals surface area contributed by atoms with Gasteiger partial charge in [0.25, 0.3) is 0 Å². The number of hydrogen-bond acceptors (Lipinski definition) is 4. The second-order valence-electron chi connectivity index (χ2n) is 8.77. The van der Waals surface area contributed by atoms with Crippen molar-refractivity contribution in [3.8, 4) is 0 Å². The predicted octanol–water partition coefficient (Wildman–Crippen LogP) is 2.98. The Bertz CT molecular complexity index is 852. The van der Waals surface area contributed by atoms with E-state index in [1.807, 2.05) is 41.3 Å². The minimum absolute atomic E-state index is 0.0446. The van der Waals surface area contributed by atoms with Crippen LogP contribution in [-0.2, 0) is 16.1 Å². The van der Waals surface area contributed by atoms with Crippen molar-refractivity contribution in [3.63, 3.8) is 0 Å². The molecule has 2 fully saturated rings. The van der Waals surface area contributed by atoms with Gasteiger partial charge in [0, 0.05) is 38.7 Å². The quantitative estimate of drug-likeness (QED) is 0.743. The van der Waals surface area contributed by atoms with Gasteiger partial charge in [-0.3, -0.25) is 14.5 Å². The highest BCUT2D eigenvalue weighted by atomic mass is 16.2. The summed E-state index contributed by atoms with van der Waals surface area (Å²) in [5.41, 5.74) is 1.13. The number of carbonyl (C=O) groups excluding carboxylic acids is 2. The highest BCUT2D eigenvalue weighted by molar-refractivity contribution is 5.91. The number of carbonyl (C=O) groups is 2. The maximum Gasteiger partial charge on any atom is 0.239 e. The third-order valence-electron chi connectivity index (χ3n) is 6.44. The van der Waals surface area contributed by atoms with Crippen LogP contribution in [0.4, 0.5) is 5.82 Å². The van der Waals surface area contributed by atoms with E-state index in [1.165, 1.54) is 32.1 Å². The minimum atomic E-state index is -0.0446. The molecular formula is C24H33N5O2. The number of nitrogens with one attached hydrogen (secondary N) is 1. The Hall–Kier alpha value is -2.67. The van der Waals surface area contributed by atoms with Crippen LogP contribution >= 0.6 is 0 Å². The van der Waals surface area contributed by atoms with Gasteiger partial charge in [0.05, 0.1) is 19.3 Å². The zero-order chi connectivity index (χ0) is 21.5. The van der Waals surface area contributed by atoms with Gasteiger partial charge >= 0.3 is 0 Å². The Morgan fingerprint density at radius 3 is 2.45 bits per heavy atom. The molecule has 4 rings (SSSR count). The first-order valence-electron chi connectivity index (χ1n) is 11.5. The molecule has 1 aliphatic heterocycles. The molecule has 0 spiro atoms. The summed E-state index contributed by atoms with van der Waals surface area (Å²) in [6, 6.07) is 11.9. The van der Waals surface area contributed by atoms with E-state index in [4.69, 9.17) is 0 Å².